The fourth-order valence-electron chi connectivity index (χ4n) is 9.88. The van der Waals surface area contributed by atoms with Crippen LogP contribution in [-0.2, 0) is 53.1 Å². The molecule has 3 nitrogen and oxygen atoms in total. The third-order valence-electron chi connectivity index (χ3n) is 15.2. The smallest absolute Gasteiger partial charge is 0.174 e. The van der Waals surface area contributed by atoms with Gasteiger partial charge in [0.2, 0.25) is 0 Å². The predicted octanol–water partition coefficient (Wildman–Crippen LogP) is 20.8. The van der Waals surface area contributed by atoms with Crippen molar-refractivity contribution in [3.63, 3.8) is 0 Å². The Hall–Kier alpha value is -7.94. The number of benzene rings is 13. The summed E-state index contributed by atoms with van der Waals surface area (Å²) in [5.41, 5.74) is 0. The van der Waals surface area contributed by atoms with Crippen LogP contribution >= 0.6 is 0 Å². The van der Waals surface area contributed by atoms with Gasteiger partial charge < -0.3 is 14.8 Å². The maximum absolute atomic E-state index is 9.50. The van der Waals surface area contributed by atoms with E-state index in [1.807, 2.05) is 0 Å². The van der Waals surface area contributed by atoms with Gasteiger partial charge in [0.05, 0.1) is 65.1 Å². The van der Waals surface area contributed by atoms with Gasteiger partial charge in [-0.05, 0) is 177 Å². The van der Waals surface area contributed by atoms with Gasteiger partial charge in [-0.15, -0.1) is 0 Å². The molecule has 0 spiro atoms. The number of alkyl halides is 3. The fourth-order valence-corrected chi connectivity index (χ4v) is 19.1. The third-order valence-corrected chi connectivity index (χ3v) is 27.2. The summed E-state index contributed by atoms with van der Waals surface area (Å²) in [5.74, 6) is 0. The summed E-state index contributed by atoms with van der Waals surface area (Å²) in [7, 11) is 10.1. The molecule has 0 amide bonds. The van der Waals surface area contributed by atoms with Crippen molar-refractivity contribution in [1.29, 1.82) is 0 Å². The van der Waals surface area contributed by atoms with Crippen LogP contribution in [0.2, 0.25) is 18.1 Å². The molecule has 0 radical (unpaired) electrons. The molecular weight excluding hydrogens is 1460 g/mol. The first-order valence-corrected chi connectivity index (χ1v) is 47.3. The first-order valence-electron chi connectivity index (χ1n) is 36.8. The quantitative estimate of drug-likeness (QED) is 0.0442. The number of halogens is 3. The summed E-state index contributed by atoms with van der Waals surface area (Å²) in [5, 5.41) is 5.91. The Balaban J connectivity index is 0.000000333. The van der Waals surface area contributed by atoms with Crippen LogP contribution in [0.1, 0.15) is 33.1 Å². The highest BCUT2D eigenvalue weighted by molar-refractivity contribution is 7.98. The second-order valence-electron chi connectivity index (χ2n) is 22.8. The predicted molar refractivity (Wildman–Crippen MR) is 481 cm³/mol. The average Bonchev–Trinajstić information content (AvgIpc) is 0.817. The standard InChI is InChI=1S/C22H17S.3C18H15S.C5H15NSi.C4H12OSi.C3H10Si.C2H8OSi.3CH3F/c1-3-12-19(13-4-1)23(20-14-5-2-6-15-20)22-17-9-11-18-10-7-8-16-21(18)22;3*1-4-10-16(11-5-1)19(17-12-6-2-7-13-17)18-14-8-3-9-15-18;1-2-6-4-3-5-7;1-5-3-2-4-6;1-2-3-4;1-3-2-4;3*1-2/h1-17H;3*1-15H;6H,2-5H2,1,7H3;2-4H2,1,6H3;2-3H2,1,4H3;2H2,1,4H3;3*1H3/q4*+1;;;;;;;. The Bertz CT molecular complexity index is 3480. The Labute approximate surface area is 665 Å². The first-order chi connectivity index (χ1) is 52.9. The highest BCUT2D eigenvalue weighted by Gasteiger charge is 2.32. The van der Waals surface area contributed by atoms with Crippen molar-refractivity contribution in [2.75, 3.05) is 61.7 Å². The third kappa shape index (κ3) is 36.2. The first kappa shape index (κ1) is 93.3. The van der Waals surface area contributed by atoms with Crippen LogP contribution < -0.4 is 5.32 Å². The van der Waals surface area contributed by atoms with Crippen LogP contribution in [0.25, 0.3) is 10.8 Å². The van der Waals surface area contributed by atoms with Crippen molar-refractivity contribution >= 4 is 95.3 Å². The van der Waals surface area contributed by atoms with Gasteiger partial charge in [-0.25, -0.2) is 0 Å². The lowest BCUT2D eigenvalue weighted by atomic mass is 10.1. The van der Waals surface area contributed by atoms with Gasteiger partial charge in [0.1, 0.15) is 0 Å². The van der Waals surface area contributed by atoms with E-state index in [0.29, 0.717) is 21.5 Å². The zero-order chi connectivity index (χ0) is 77.4. The van der Waals surface area contributed by atoms with Crippen LogP contribution in [-0.4, -0.2) is 103 Å². The maximum Gasteiger partial charge on any atom is 0.174 e. The summed E-state index contributed by atoms with van der Waals surface area (Å²) in [6.45, 7) is 7.66. The fraction of sp³-hybridized carbons (Fsp3) is 0.183. The molecule has 0 aliphatic rings. The van der Waals surface area contributed by atoms with E-state index in [2.05, 4.69) is 400 Å². The topological polar surface area (TPSA) is 30.5 Å². The summed E-state index contributed by atoms with van der Waals surface area (Å²) < 4.78 is 37.9. The Kier molecular flexibility index (Phi) is 54.9. The molecule has 14 heteroatoms. The molecule has 13 rings (SSSR count). The van der Waals surface area contributed by atoms with Crippen molar-refractivity contribution in [1.82, 2.24) is 5.32 Å². The van der Waals surface area contributed by atoms with E-state index >= 15 is 0 Å². The largest absolute Gasteiger partial charge is 0.389 e. The zero-order valence-corrected chi connectivity index (χ0v) is 76.2. The lowest BCUT2D eigenvalue weighted by Gasteiger charge is -2.10. The second-order valence-corrected chi connectivity index (χ2v) is 34.4. The number of nitrogens with one attached hydrogen (secondary N) is 1. The van der Waals surface area contributed by atoms with E-state index < -0.39 is 0 Å². The normalized spacial score (nSPS) is 9.96. The summed E-state index contributed by atoms with van der Waals surface area (Å²) in [6.07, 6.45) is 4.97. The van der Waals surface area contributed by atoms with Gasteiger partial charge in [0.15, 0.2) is 58.7 Å². The molecular formula is C93H116F3NO2S4Si4+4. The Morgan fingerprint density at radius 1 is 0.271 bits per heavy atom. The molecule has 0 aliphatic carbocycles. The molecule has 0 unspecified atom stereocenters. The number of fused-ring (bicyclic) bond motifs is 1. The molecule has 0 bridgehead atoms. The summed E-state index contributed by atoms with van der Waals surface area (Å²) >= 11 is 0. The number of ether oxygens (including phenoxy) is 2. The van der Waals surface area contributed by atoms with Crippen molar-refractivity contribution in [3.8, 4) is 0 Å². The van der Waals surface area contributed by atoms with Crippen LogP contribution in [0.5, 0.6) is 0 Å². The van der Waals surface area contributed by atoms with Gasteiger partial charge in [0, 0.05) is 73.4 Å². The number of hydrogen-bond acceptors (Lipinski definition) is 3. The van der Waals surface area contributed by atoms with E-state index in [-0.39, 0.29) is 43.6 Å². The minimum absolute atomic E-state index is 0.0146. The number of hydrogen-bond donors (Lipinski definition) is 1. The molecule has 107 heavy (non-hydrogen) atoms. The summed E-state index contributed by atoms with van der Waals surface area (Å²) in [6, 6.07) is 138. The minimum atomic E-state index is -0.0892. The molecule has 13 aromatic rings. The lowest BCUT2D eigenvalue weighted by molar-refractivity contribution is 0.199. The molecule has 1 N–H and O–H groups in total. The molecule has 0 fully saturated rings. The van der Waals surface area contributed by atoms with Crippen LogP contribution in [0.15, 0.2) is 435 Å². The molecule has 0 aromatic heterocycles. The van der Waals surface area contributed by atoms with Crippen LogP contribution in [0.4, 0.5) is 13.2 Å². The number of methoxy groups -OCH3 is 2. The Morgan fingerprint density at radius 2 is 0.486 bits per heavy atom. The SMILES string of the molecule is CCC[SiH3].CCNCCC[SiH3].CF.CF.CF.COCCC[SiH3].COC[SiH3].c1ccc([S+](c2ccccc2)c2cccc3ccccc23)cc1.c1ccc([S+](c2ccccc2)c2ccccc2)cc1.c1ccc([S+](c2ccccc2)c2ccccc2)cc1.c1ccc([S+](c2ccccc2)c2ccccc2)cc1. The molecule has 0 heterocycles. The molecule has 13 aromatic carbocycles. The second kappa shape index (κ2) is 63.0. The van der Waals surface area contributed by atoms with Crippen LogP contribution in [0.3, 0.4) is 0 Å². The van der Waals surface area contributed by atoms with Gasteiger partial charge >= 0.3 is 0 Å². The van der Waals surface area contributed by atoms with Crippen molar-refractivity contribution < 1.29 is 22.6 Å². The Morgan fingerprint density at radius 3 is 0.682 bits per heavy atom. The van der Waals surface area contributed by atoms with E-state index in [4.69, 9.17) is 4.74 Å². The molecule has 0 atom stereocenters. The van der Waals surface area contributed by atoms with E-state index in [1.54, 1.807) is 14.2 Å². The maximum atomic E-state index is 9.50. The van der Waals surface area contributed by atoms with Gasteiger partial charge in [-0.2, -0.15) is 0 Å². The van der Waals surface area contributed by atoms with Crippen molar-refractivity contribution in [3.05, 3.63) is 376 Å². The molecule has 0 aliphatic heterocycles. The highest BCUT2D eigenvalue weighted by atomic mass is 32.2. The summed E-state index contributed by atoms with van der Waals surface area (Å²) in [4.78, 5) is 16.4. The van der Waals surface area contributed by atoms with E-state index in [1.165, 1.54) is 154 Å². The average molecular weight is 1580 g/mol. The minimum Gasteiger partial charge on any atom is -0.389 e. The monoisotopic (exact) mass is 1580 g/mol. The lowest BCUT2D eigenvalue weighted by Crippen LogP contribution is -2.13. The zero-order valence-electron chi connectivity index (χ0n) is 65.0. The molecule has 562 valence electrons. The molecule has 0 saturated heterocycles. The van der Waals surface area contributed by atoms with E-state index in [9.17, 15) is 13.2 Å². The van der Waals surface area contributed by atoms with Gasteiger partial charge in [0.25, 0.3) is 0 Å². The van der Waals surface area contributed by atoms with Crippen LogP contribution in [0, 0.1) is 0 Å². The van der Waals surface area contributed by atoms with Crippen molar-refractivity contribution in [2.45, 2.75) is 110 Å². The van der Waals surface area contributed by atoms with Gasteiger partial charge in [-0.1, -0.05) is 269 Å². The highest BCUT2D eigenvalue weighted by Crippen LogP contribution is 2.37. The molecule has 0 saturated carbocycles. The van der Waals surface area contributed by atoms with Gasteiger partial charge in [-0.3, -0.25) is 13.2 Å². The van der Waals surface area contributed by atoms with Crippen molar-refractivity contribution in [2.24, 2.45) is 0 Å². The van der Waals surface area contributed by atoms with E-state index in [0.717, 1.165) is 19.4 Å². The number of rotatable bonds is 21.